The fraction of sp³-hybridized carbons (Fsp3) is 0.364. The van der Waals surface area contributed by atoms with Crippen LogP contribution in [0.4, 0.5) is 4.39 Å². The molecule has 1 aromatic carbocycles. The normalized spacial score (nSPS) is 12.8. The zero-order valence-electron chi connectivity index (χ0n) is 11.2. The van der Waals surface area contributed by atoms with E-state index in [2.05, 4.69) is 0 Å². The zero-order chi connectivity index (χ0) is 16.2. The standard InChI is InChI=1S/C11H14FNO7S/c1-19-8-3-6(12)10(4-9(8)20-2)21(17,18)13-7(5-14)11(15)16/h3-4,7,13-14H,5H2,1-2H3,(H,15,16)/t7-/m0/s1. The van der Waals surface area contributed by atoms with Crippen LogP contribution in [0, 0.1) is 5.82 Å². The van der Waals surface area contributed by atoms with E-state index in [0.717, 1.165) is 12.1 Å². The van der Waals surface area contributed by atoms with E-state index in [-0.39, 0.29) is 11.5 Å². The van der Waals surface area contributed by atoms with Crippen LogP contribution in [0.25, 0.3) is 0 Å². The fourth-order valence-corrected chi connectivity index (χ4v) is 2.71. The minimum absolute atomic E-state index is 0.0223. The van der Waals surface area contributed by atoms with E-state index in [9.17, 15) is 17.6 Å². The zero-order valence-corrected chi connectivity index (χ0v) is 12.0. The van der Waals surface area contributed by atoms with Crippen LogP contribution in [0.1, 0.15) is 0 Å². The van der Waals surface area contributed by atoms with E-state index in [1.54, 1.807) is 4.72 Å². The molecule has 3 N–H and O–H groups in total. The smallest absolute Gasteiger partial charge is 0.324 e. The molecular weight excluding hydrogens is 309 g/mol. The van der Waals surface area contributed by atoms with Crippen molar-refractivity contribution in [1.29, 1.82) is 0 Å². The molecular formula is C11H14FNO7S. The summed E-state index contributed by atoms with van der Waals surface area (Å²) in [6.07, 6.45) is 0. The topological polar surface area (TPSA) is 122 Å². The van der Waals surface area contributed by atoms with Gasteiger partial charge in [-0.15, -0.1) is 0 Å². The Morgan fingerprint density at radius 2 is 1.86 bits per heavy atom. The number of carboxylic acids is 1. The van der Waals surface area contributed by atoms with Gasteiger partial charge in [0.2, 0.25) is 10.0 Å². The largest absolute Gasteiger partial charge is 0.493 e. The van der Waals surface area contributed by atoms with Gasteiger partial charge in [-0.1, -0.05) is 0 Å². The number of ether oxygens (including phenoxy) is 2. The summed E-state index contributed by atoms with van der Waals surface area (Å²) in [5.41, 5.74) is 0. The molecule has 21 heavy (non-hydrogen) atoms. The van der Waals surface area contributed by atoms with Gasteiger partial charge in [0.1, 0.15) is 16.8 Å². The number of sulfonamides is 1. The molecule has 0 amide bonds. The van der Waals surface area contributed by atoms with Crippen LogP contribution < -0.4 is 14.2 Å². The minimum atomic E-state index is -4.51. The number of benzene rings is 1. The van der Waals surface area contributed by atoms with Gasteiger partial charge in [0.25, 0.3) is 0 Å². The Hall–Kier alpha value is -1.91. The molecule has 0 aliphatic carbocycles. The number of hydrogen-bond acceptors (Lipinski definition) is 6. The van der Waals surface area contributed by atoms with Gasteiger partial charge in [-0.25, -0.2) is 12.8 Å². The second-order valence-electron chi connectivity index (χ2n) is 3.83. The molecule has 0 radical (unpaired) electrons. The van der Waals surface area contributed by atoms with Crippen LogP contribution in [0.2, 0.25) is 0 Å². The molecule has 0 aliphatic heterocycles. The molecule has 0 saturated carbocycles. The summed E-state index contributed by atoms with van der Waals surface area (Å²) in [6, 6.07) is -0.142. The highest BCUT2D eigenvalue weighted by molar-refractivity contribution is 7.89. The Kier molecular flexibility index (Phi) is 5.47. The van der Waals surface area contributed by atoms with Crippen molar-refractivity contribution in [3.8, 4) is 11.5 Å². The van der Waals surface area contributed by atoms with Crippen molar-refractivity contribution in [3.63, 3.8) is 0 Å². The van der Waals surface area contributed by atoms with Gasteiger partial charge in [0, 0.05) is 12.1 Å². The Morgan fingerprint density at radius 1 is 1.33 bits per heavy atom. The van der Waals surface area contributed by atoms with Crippen molar-refractivity contribution in [2.75, 3.05) is 20.8 Å². The number of aliphatic hydroxyl groups excluding tert-OH is 1. The molecule has 0 bridgehead atoms. The third-order valence-corrected chi connectivity index (χ3v) is 3.99. The molecule has 118 valence electrons. The van der Waals surface area contributed by atoms with Gasteiger partial charge in [-0.2, -0.15) is 4.72 Å². The monoisotopic (exact) mass is 323 g/mol. The highest BCUT2D eigenvalue weighted by atomic mass is 32.2. The number of carbonyl (C=O) groups is 1. The molecule has 0 spiro atoms. The first-order chi connectivity index (χ1) is 9.76. The second kappa shape index (κ2) is 6.70. The molecule has 1 aromatic rings. The number of aliphatic hydroxyl groups is 1. The fourth-order valence-electron chi connectivity index (χ4n) is 1.46. The van der Waals surface area contributed by atoms with Gasteiger partial charge in [-0.05, 0) is 0 Å². The van der Waals surface area contributed by atoms with Crippen LogP contribution in [-0.4, -0.2) is 51.5 Å². The first-order valence-electron chi connectivity index (χ1n) is 5.54. The van der Waals surface area contributed by atoms with E-state index in [4.69, 9.17) is 19.7 Å². The highest BCUT2D eigenvalue weighted by Gasteiger charge is 2.28. The van der Waals surface area contributed by atoms with Gasteiger partial charge < -0.3 is 19.7 Å². The van der Waals surface area contributed by atoms with E-state index in [1.165, 1.54) is 14.2 Å². The first kappa shape index (κ1) is 17.1. The third-order valence-electron chi connectivity index (χ3n) is 2.51. The maximum atomic E-state index is 13.8. The summed E-state index contributed by atoms with van der Waals surface area (Å²) in [4.78, 5) is 9.90. The van der Waals surface area contributed by atoms with Gasteiger partial charge >= 0.3 is 5.97 Å². The molecule has 0 aliphatic rings. The lowest BCUT2D eigenvalue weighted by atomic mass is 10.3. The number of aliphatic carboxylic acids is 1. The van der Waals surface area contributed by atoms with Crippen molar-refractivity contribution >= 4 is 16.0 Å². The minimum Gasteiger partial charge on any atom is -0.493 e. The first-order valence-corrected chi connectivity index (χ1v) is 7.02. The SMILES string of the molecule is COc1cc(F)c(S(=O)(=O)N[C@@H](CO)C(=O)O)cc1OC. The second-order valence-corrected chi connectivity index (χ2v) is 5.51. The van der Waals surface area contributed by atoms with E-state index < -0.39 is 39.4 Å². The van der Waals surface area contributed by atoms with Crippen molar-refractivity contribution in [2.24, 2.45) is 0 Å². The summed E-state index contributed by atoms with van der Waals surface area (Å²) >= 11 is 0. The number of rotatable bonds is 7. The van der Waals surface area contributed by atoms with Crippen molar-refractivity contribution in [2.45, 2.75) is 10.9 Å². The lowest BCUT2D eigenvalue weighted by Gasteiger charge is -2.14. The maximum Gasteiger partial charge on any atom is 0.324 e. The predicted molar refractivity (Wildman–Crippen MR) is 68.3 cm³/mol. The Morgan fingerprint density at radius 3 is 2.29 bits per heavy atom. The molecule has 1 atom stereocenters. The van der Waals surface area contributed by atoms with Crippen molar-refractivity contribution in [3.05, 3.63) is 17.9 Å². The van der Waals surface area contributed by atoms with Crippen LogP contribution in [0.3, 0.4) is 0 Å². The predicted octanol–water partition coefficient (Wildman–Crippen LogP) is -0.433. The molecule has 0 heterocycles. The lowest BCUT2D eigenvalue weighted by molar-refractivity contribution is -0.139. The molecule has 0 unspecified atom stereocenters. The number of halogens is 1. The van der Waals surface area contributed by atoms with Gasteiger partial charge in [0.05, 0.1) is 20.8 Å². The quantitative estimate of drug-likeness (QED) is 0.622. The van der Waals surface area contributed by atoms with Crippen molar-refractivity contribution < 1.29 is 37.3 Å². The average molecular weight is 323 g/mol. The molecule has 8 nitrogen and oxygen atoms in total. The summed E-state index contributed by atoms with van der Waals surface area (Å²) in [7, 11) is -2.03. The Labute approximate surface area is 120 Å². The third kappa shape index (κ3) is 3.80. The maximum absolute atomic E-state index is 13.8. The van der Waals surface area contributed by atoms with E-state index >= 15 is 0 Å². The van der Waals surface area contributed by atoms with Crippen LogP contribution in [0.5, 0.6) is 11.5 Å². The highest BCUT2D eigenvalue weighted by Crippen LogP contribution is 2.31. The molecule has 0 fully saturated rings. The van der Waals surface area contributed by atoms with Crippen molar-refractivity contribution in [1.82, 2.24) is 4.72 Å². The van der Waals surface area contributed by atoms with E-state index in [0.29, 0.717) is 0 Å². The number of methoxy groups -OCH3 is 2. The average Bonchev–Trinajstić information content (AvgIpc) is 2.43. The van der Waals surface area contributed by atoms with Gasteiger partial charge in [0.15, 0.2) is 11.5 Å². The number of carboxylic acid groups (broad SMARTS) is 1. The Bertz CT molecular complexity index is 632. The number of hydrogen-bond donors (Lipinski definition) is 3. The van der Waals surface area contributed by atoms with Crippen LogP contribution in [-0.2, 0) is 14.8 Å². The van der Waals surface area contributed by atoms with Gasteiger partial charge in [-0.3, -0.25) is 4.79 Å². The number of nitrogens with one attached hydrogen (secondary N) is 1. The molecule has 10 heteroatoms. The van der Waals surface area contributed by atoms with Crippen LogP contribution >= 0.6 is 0 Å². The summed E-state index contributed by atoms with van der Waals surface area (Å²) in [5, 5.41) is 17.5. The molecule has 1 rings (SSSR count). The Balaban J connectivity index is 3.28. The van der Waals surface area contributed by atoms with E-state index in [1.807, 2.05) is 0 Å². The summed E-state index contributed by atoms with van der Waals surface area (Å²) < 4.78 is 49.1. The molecule has 0 aromatic heterocycles. The summed E-state index contributed by atoms with van der Waals surface area (Å²) in [5.74, 6) is -2.81. The summed E-state index contributed by atoms with van der Waals surface area (Å²) in [6.45, 7) is -0.983. The lowest BCUT2D eigenvalue weighted by Crippen LogP contribution is -2.43. The van der Waals surface area contributed by atoms with Crippen LogP contribution in [0.15, 0.2) is 17.0 Å². The molecule has 0 saturated heterocycles.